The van der Waals surface area contributed by atoms with Gasteiger partial charge in [0.05, 0.1) is 13.2 Å². The number of epoxide rings is 1. The Hall–Kier alpha value is 0.600. The molecule has 5 fully saturated rings. The zero-order valence-electron chi connectivity index (χ0n) is 18.6. The van der Waals surface area contributed by atoms with Crippen LogP contribution in [0.15, 0.2) is 36.4 Å². The molecule has 0 amide bonds. The van der Waals surface area contributed by atoms with Crippen LogP contribution in [-0.2, 0) is 9.47 Å². The smallest absolute Gasteiger partial charge is 0.104 e. The zero-order chi connectivity index (χ0) is 21.2. The van der Waals surface area contributed by atoms with Crippen molar-refractivity contribution in [3.63, 3.8) is 0 Å². The van der Waals surface area contributed by atoms with Gasteiger partial charge in [0.1, 0.15) is 6.10 Å². The Labute approximate surface area is 198 Å². The number of hydrogen-bond donors (Lipinski definition) is 0. The number of halogens is 2. The van der Waals surface area contributed by atoms with Crippen LogP contribution >= 0.6 is 37.2 Å². The summed E-state index contributed by atoms with van der Waals surface area (Å²) in [4.78, 5) is 0. The van der Waals surface area contributed by atoms with Gasteiger partial charge in [0.25, 0.3) is 0 Å². The number of methoxy groups -OCH3 is 1. The van der Waals surface area contributed by atoms with Crippen LogP contribution in [0.2, 0.25) is 0 Å². The van der Waals surface area contributed by atoms with Crippen molar-refractivity contribution in [3.05, 3.63) is 36.4 Å². The lowest BCUT2D eigenvalue weighted by molar-refractivity contribution is 0.0198. The number of rotatable bonds is 2. The van der Waals surface area contributed by atoms with Crippen LogP contribution in [0.3, 0.4) is 0 Å². The van der Waals surface area contributed by atoms with E-state index in [1.165, 1.54) is 23.7 Å². The monoisotopic (exact) mass is 616 g/mol. The summed E-state index contributed by atoms with van der Waals surface area (Å²) in [5.41, 5.74) is 0. The molecule has 1 aromatic carbocycles. The molecule has 5 aliphatic rings. The summed E-state index contributed by atoms with van der Waals surface area (Å²) in [6.45, 7) is 9.66. The van der Waals surface area contributed by atoms with E-state index in [1.807, 2.05) is 64.1 Å². The van der Waals surface area contributed by atoms with E-state index in [2.05, 4.69) is 37.2 Å². The van der Waals surface area contributed by atoms with Crippen molar-refractivity contribution in [1.29, 1.82) is 0 Å². The first-order valence-corrected chi connectivity index (χ1v) is 17.4. The molecule has 1 saturated heterocycles. The Morgan fingerprint density at radius 1 is 0.679 bits per heavy atom. The fraction of sp³-hybridized carbons (Fsp3) is 0.750. The average molecular weight is 616 g/mol. The van der Waals surface area contributed by atoms with E-state index in [0.717, 1.165) is 13.2 Å². The fourth-order valence-corrected chi connectivity index (χ4v) is 4.72. The quantitative estimate of drug-likeness (QED) is 0.246. The van der Waals surface area contributed by atoms with Gasteiger partial charge in [0.2, 0.25) is 0 Å². The van der Waals surface area contributed by atoms with E-state index in [0.29, 0.717) is 6.10 Å². The molecule has 1 aromatic rings. The minimum Gasteiger partial charge on any atom is -0.382 e. The van der Waals surface area contributed by atoms with Crippen LogP contribution in [0, 0.1) is 23.7 Å². The summed E-state index contributed by atoms with van der Waals surface area (Å²) in [7, 11) is 1.68. The van der Waals surface area contributed by atoms with Crippen LogP contribution < -0.4 is 0 Å². The summed E-state index contributed by atoms with van der Waals surface area (Å²) >= 11 is 4.24. The minimum absolute atomic E-state index is 0.426. The molecule has 4 saturated carbocycles. The largest absolute Gasteiger partial charge is 0.382 e. The number of benzene rings is 1. The van der Waals surface area contributed by atoms with Crippen LogP contribution in [0.25, 0.3) is 0 Å². The van der Waals surface area contributed by atoms with Gasteiger partial charge in [-0.25, -0.2) is 0 Å². The standard InChI is InChI=1S/C10H16.C6H6.C4H8O2.2C2H6.I2/c1-7-2-9-4-8(1)5-10(3-7)6-9;1-2-4-6-5-3-1;1-5-2-4-3-6-4;3*1-2/h7-10H,1-6H2;1-6H;4H,2-3H2,1H3;2*1-2H3;. The lowest BCUT2D eigenvalue weighted by Crippen LogP contribution is -2.38. The molecule has 0 N–H and O–H groups in total. The van der Waals surface area contributed by atoms with E-state index in [9.17, 15) is 0 Å². The van der Waals surface area contributed by atoms with Crippen LogP contribution in [-0.4, -0.2) is 26.4 Å². The highest BCUT2D eigenvalue weighted by Crippen LogP contribution is 2.53. The highest BCUT2D eigenvalue weighted by atomic mass is 128. The van der Waals surface area contributed by atoms with Crippen molar-refractivity contribution >= 4 is 37.2 Å². The molecule has 164 valence electrons. The predicted octanol–water partition coefficient (Wildman–Crippen LogP) is 8.37. The maximum Gasteiger partial charge on any atom is 0.104 e. The van der Waals surface area contributed by atoms with Crippen LogP contribution in [0.4, 0.5) is 0 Å². The van der Waals surface area contributed by atoms with Gasteiger partial charge >= 0.3 is 0 Å². The summed E-state index contributed by atoms with van der Waals surface area (Å²) < 4.78 is 9.56. The molecule has 0 aromatic heterocycles. The average Bonchev–Trinajstić information content (AvgIpc) is 3.58. The van der Waals surface area contributed by atoms with Crippen molar-refractivity contribution in [1.82, 2.24) is 0 Å². The van der Waals surface area contributed by atoms with E-state index in [1.54, 1.807) is 45.6 Å². The van der Waals surface area contributed by atoms with Crippen molar-refractivity contribution in [3.8, 4) is 0 Å². The Kier molecular flexibility index (Phi) is 20.0. The molecule has 0 spiro atoms. The molecule has 0 radical (unpaired) electrons. The lowest BCUT2D eigenvalue weighted by atomic mass is 9.56. The molecule has 4 heteroatoms. The Morgan fingerprint density at radius 2 is 0.929 bits per heavy atom. The van der Waals surface area contributed by atoms with Gasteiger partial charge in [0, 0.05) is 44.3 Å². The second-order valence-corrected chi connectivity index (χ2v) is 7.44. The van der Waals surface area contributed by atoms with Gasteiger partial charge in [0.15, 0.2) is 0 Å². The normalized spacial score (nSPS) is 29.5. The SMILES string of the molecule is C1C2CC3CC1CC(C2)C3.CC.CC.COCC1CO1.II.c1ccccc1. The van der Waals surface area contributed by atoms with E-state index in [4.69, 9.17) is 9.47 Å². The highest BCUT2D eigenvalue weighted by molar-refractivity contribution is 15.0. The van der Waals surface area contributed by atoms with E-state index in [-0.39, 0.29) is 0 Å². The lowest BCUT2D eigenvalue weighted by Gasteiger charge is -2.49. The fourth-order valence-electron chi connectivity index (χ4n) is 4.72. The molecule has 2 nitrogen and oxygen atoms in total. The number of hydrogen-bond acceptors (Lipinski definition) is 2. The zero-order valence-corrected chi connectivity index (χ0v) is 22.9. The van der Waals surface area contributed by atoms with Gasteiger partial charge in [-0.1, -0.05) is 64.1 Å². The van der Waals surface area contributed by atoms with Gasteiger partial charge in [-0.3, -0.25) is 0 Å². The highest BCUT2D eigenvalue weighted by Gasteiger charge is 2.41. The van der Waals surface area contributed by atoms with Crippen LogP contribution in [0.5, 0.6) is 0 Å². The molecule has 6 rings (SSSR count). The van der Waals surface area contributed by atoms with E-state index < -0.39 is 0 Å². The second kappa shape index (κ2) is 19.6. The van der Waals surface area contributed by atoms with Crippen molar-refractivity contribution in [2.45, 2.75) is 72.3 Å². The Balaban J connectivity index is 0.000000358. The molecule has 4 bridgehead atoms. The summed E-state index contributed by atoms with van der Waals surface area (Å²) in [5, 5.41) is 0. The molecule has 4 aliphatic carbocycles. The third-order valence-corrected chi connectivity index (χ3v) is 5.42. The third-order valence-electron chi connectivity index (χ3n) is 5.42. The van der Waals surface area contributed by atoms with Crippen molar-refractivity contribution in [2.24, 2.45) is 23.7 Å². The predicted molar refractivity (Wildman–Crippen MR) is 140 cm³/mol. The Bertz CT molecular complexity index is 341. The number of ether oxygens (including phenoxy) is 2. The van der Waals surface area contributed by atoms with Gasteiger partial charge < -0.3 is 9.47 Å². The molecular weight excluding hydrogens is 574 g/mol. The van der Waals surface area contributed by atoms with Gasteiger partial charge in [-0.2, -0.15) is 0 Å². The molecule has 1 aliphatic heterocycles. The van der Waals surface area contributed by atoms with Gasteiger partial charge in [-0.15, -0.1) is 0 Å². The summed E-state index contributed by atoms with van der Waals surface area (Å²) in [6.07, 6.45) is 10.1. The molecule has 1 atom stereocenters. The maximum absolute atomic E-state index is 4.82. The Morgan fingerprint density at radius 3 is 1.07 bits per heavy atom. The van der Waals surface area contributed by atoms with Crippen molar-refractivity contribution in [2.75, 3.05) is 20.3 Å². The van der Waals surface area contributed by atoms with Gasteiger partial charge in [-0.05, 0) is 62.2 Å². The third kappa shape index (κ3) is 13.0. The van der Waals surface area contributed by atoms with Crippen molar-refractivity contribution < 1.29 is 9.47 Å². The first-order valence-electron chi connectivity index (χ1n) is 11.1. The molecule has 28 heavy (non-hydrogen) atoms. The first-order chi connectivity index (χ1) is 13.8. The topological polar surface area (TPSA) is 21.8 Å². The molecule has 1 heterocycles. The summed E-state index contributed by atoms with van der Waals surface area (Å²) in [5.74, 6) is 4.71. The minimum atomic E-state index is 0.426. The molecular formula is C24H42I2O2. The first kappa shape index (κ1) is 28.6. The van der Waals surface area contributed by atoms with Crippen LogP contribution in [0.1, 0.15) is 66.2 Å². The second-order valence-electron chi connectivity index (χ2n) is 7.44. The summed E-state index contributed by atoms with van der Waals surface area (Å²) in [6, 6.07) is 12.0. The van der Waals surface area contributed by atoms with E-state index >= 15 is 0 Å². The molecule has 1 unspecified atom stereocenters. The maximum atomic E-state index is 4.82.